The van der Waals surface area contributed by atoms with Crippen LogP contribution in [0.5, 0.6) is 0 Å². The summed E-state index contributed by atoms with van der Waals surface area (Å²) in [6.45, 7) is 0. The van der Waals surface area contributed by atoms with Crippen molar-refractivity contribution in [1.82, 2.24) is 5.43 Å². The Balaban J connectivity index is 2.58. The fourth-order valence-corrected chi connectivity index (χ4v) is 2.72. The molecule has 0 saturated carbocycles. The zero-order valence-corrected chi connectivity index (χ0v) is 14.4. The van der Waals surface area contributed by atoms with Gasteiger partial charge in [0.05, 0.1) is 15.5 Å². The molecule has 0 aliphatic rings. The van der Waals surface area contributed by atoms with Crippen LogP contribution in [0, 0.1) is 15.2 Å². The molecule has 0 aromatic heterocycles. The molecule has 0 heterocycles. The highest BCUT2D eigenvalue weighted by atomic mass is 127. The standard InChI is InChI=1S/C13H9BrClF2IN2/c14-7-2-3-9(16)11(12(7)17)13(20-19)6-1-4-10(18)8(15)5-6/h1-5,13,20H,19H2. The minimum absolute atomic E-state index is 0.154. The first kappa shape index (κ1) is 16.1. The molecule has 3 N–H and O–H groups in total. The quantitative estimate of drug-likeness (QED) is 0.297. The van der Waals surface area contributed by atoms with Gasteiger partial charge < -0.3 is 0 Å². The monoisotopic (exact) mass is 472 g/mol. The molecule has 0 saturated heterocycles. The molecule has 0 aliphatic carbocycles. The molecule has 0 amide bonds. The minimum Gasteiger partial charge on any atom is -0.271 e. The first-order chi connectivity index (χ1) is 9.45. The number of hydrazine groups is 1. The molecule has 2 rings (SSSR count). The average molecular weight is 473 g/mol. The molecular formula is C13H9BrClF2IN2. The van der Waals surface area contributed by atoms with Crippen LogP contribution < -0.4 is 11.3 Å². The van der Waals surface area contributed by atoms with E-state index >= 15 is 0 Å². The number of hydrogen-bond acceptors (Lipinski definition) is 2. The SMILES string of the molecule is NNC(c1ccc(I)c(Cl)c1)c1c(F)ccc(Br)c1F. The van der Waals surface area contributed by atoms with Crippen molar-refractivity contribution < 1.29 is 8.78 Å². The van der Waals surface area contributed by atoms with E-state index in [-0.39, 0.29) is 10.0 Å². The molecule has 7 heteroatoms. The van der Waals surface area contributed by atoms with Gasteiger partial charge in [0.15, 0.2) is 0 Å². The normalized spacial score (nSPS) is 12.5. The molecule has 2 aromatic rings. The van der Waals surface area contributed by atoms with Gasteiger partial charge in [-0.15, -0.1) is 0 Å². The Morgan fingerprint density at radius 2 is 1.95 bits per heavy atom. The second kappa shape index (κ2) is 6.65. The van der Waals surface area contributed by atoms with Gasteiger partial charge in [-0.3, -0.25) is 5.84 Å². The van der Waals surface area contributed by atoms with Gasteiger partial charge in [0, 0.05) is 9.13 Å². The van der Waals surface area contributed by atoms with Gasteiger partial charge in [-0.2, -0.15) is 0 Å². The van der Waals surface area contributed by atoms with E-state index in [9.17, 15) is 8.78 Å². The summed E-state index contributed by atoms with van der Waals surface area (Å²) < 4.78 is 29.1. The Morgan fingerprint density at radius 3 is 2.55 bits per heavy atom. The highest BCUT2D eigenvalue weighted by Crippen LogP contribution is 2.32. The van der Waals surface area contributed by atoms with Crippen molar-refractivity contribution in [2.75, 3.05) is 0 Å². The first-order valence-electron chi connectivity index (χ1n) is 5.50. The summed E-state index contributed by atoms with van der Waals surface area (Å²) in [5, 5.41) is 0.499. The molecule has 0 aliphatic heterocycles. The van der Waals surface area contributed by atoms with Crippen LogP contribution in [-0.2, 0) is 0 Å². The molecular weight excluding hydrogens is 464 g/mol. The van der Waals surface area contributed by atoms with Gasteiger partial charge in [-0.25, -0.2) is 14.2 Å². The summed E-state index contributed by atoms with van der Waals surface area (Å²) in [5.74, 6) is 4.10. The molecule has 20 heavy (non-hydrogen) atoms. The van der Waals surface area contributed by atoms with Crippen LogP contribution in [0.3, 0.4) is 0 Å². The maximum atomic E-state index is 14.1. The second-order valence-electron chi connectivity index (χ2n) is 4.03. The molecule has 2 nitrogen and oxygen atoms in total. The van der Waals surface area contributed by atoms with Crippen LogP contribution in [0.15, 0.2) is 34.8 Å². The zero-order chi connectivity index (χ0) is 14.9. The minimum atomic E-state index is -0.831. The highest BCUT2D eigenvalue weighted by Gasteiger charge is 2.23. The summed E-state index contributed by atoms with van der Waals surface area (Å²) >= 11 is 11.1. The summed E-state index contributed by atoms with van der Waals surface area (Å²) in [6, 6.07) is 6.77. The van der Waals surface area contributed by atoms with Crippen LogP contribution in [0.1, 0.15) is 17.2 Å². The van der Waals surface area contributed by atoms with Crippen LogP contribution in [0.4, 0.5) is 8.78 Å². The maximum Gasteiger partial charge on any atom is 0.145 e. The molecule has 1 atom stereocenters. The van der Waals surface area contributed by atoms with Crippen molar-refractivity contribution >= 4 is 50.1 Å². The number of halogens is 5. The third-order valence-corrected chi connectivity index (χ3v) is 5.00. The third kappa shape index (κ3) is 3.14. The second-order valence-corrected chi connectivity index (χ2v) is 6.45. The van der Waals surface area contributed by atoms with E-state index in [0.717, 1.165) is 3.57 Å². The van der Waals surface area contributed by atoms with E-state index in [1.807, 2.05) is 0 Å². The van der Waals surface area contributed by atoms with Crippen LogP contribution in [-0.4, -0.2) is 0 Å². The van der Waals surface area contributed by atoms with Crippen molar-refractivity contribution in [3.63, 3.8) is 0 Å². The lowest BCUT2D eigenvalue weighted by Crippen LogP contribution is -2.30. The Morgan fingerprint density at radius 1 is 1.25 bits per heavy atom. The van der Waals surface area contributed by atoms with Crippen LogP contribution >= 0.6 is 50.1 Å². The van der Waals surface area contributed by atoms with Crippen molar-refractivity contribution in [2.24, 2.45) is 5.84 Å². The van der Waals surface area contributed by atoms with Gasteiger partial charge in [0.25, 0.3) is 0 Å². The Bertz CT molecular complexity index is 655. The van der Waals surface area contributed by atoms with Crippen LogP contribution in [0.25, 0.3) is 0 Å². The lowest BCUT2D eigenvalue weighted by molar-refractivity contribution is 0.507. The Kier molecular flexibility index (Phi) is 5.36. The van der Waals surface area contributed by atoms with Gasteiger partial charge in [-0.1, -0.05) is 17.7 Å². The molecule has 0 radical (unpaired) electrons. The molecule has 1 unspecified atom stereocenters. The van der Waals surface area contributed by atoms with Gasteiger partial charge in [0.1, 0.15) is 11.6 Å². The number of rotatable bonds is 3. The van der Waals surface area contributed by atoms with E-state index in [4.69, 9.17) is 17.4 Å². The molecule has 106 valence electrons. The third-order valence-electron chi connectivity index (χ3n) is 2.81. The van der Waals surface area contributed by atoms with E-state index in [1.165, 1.54) is 12.1 Å². The predicted octanol–water partition coefficient (Wildman–Crippen LogP) is 4.54. The molecule has 0 spiro atoms. The molecule has 2 aromatic carbocycles. The van der Waals surface area contributed by atoms with E-state index in [0.29, 0.717) is 10.6 Å². The van der Waals surface area contributed by atoms with E-state index in [2.05, 4.69) is 43.9 Å². The van der Waals surface area contributed by atoms with Gasteiger partial charge >= 0.3 is 0 Å². The Labute approximate surface area is 141 Å². The van der Waals surface area contributed by atoms with Crippen molar-refractivity contribution in [3.05, 3.63) is 66.2 Å². The summed E-state index contributed by atoms with van der Waals surface area (Å²) in [7, 11) is 0. The van der Waals surface area contributed by atoms with Crippen molar-refractivity contribution in [2.45, 2.75) is 6.04 Å². The number of nitrogens with two attached hydrogens (primary N) is 1. The lowest BCUT2D eigenvalue weighted by atomic mass is 9.98. The van der Waals surface area contributed by atoms with Crippen LogP contribution in [0.2, 0.25) is 5.02 Å². The van der Waals surface area contributed by atoms with E-state index < -0.39 is 17.7 Å². The van der Waals surface area contributed by atoms with E-state index in [1.54, 1.807) is 18.2 Å². The number of benzene rings is 2. The smallest absolute Gasteiger partial charge is 0.145 e. The molecule has 0 bridgehead atoms. The predicted molar refractivity (Wildman–Crippen MR) is 87.4 cm³/mol. The zero-order valence-electron chi connectivity index (χ0n) is 9.93. The topological polar surface area (TPSA) is 38.0 Å². The van der Waals surface area contributed by atoms with Crippen molar-refractivity contribution in [3.8, 4) is 0 Å². The lowest BCUT2D eigenvalue weighted by Gasteiger charge is -2.19. The van der Waals surface area contributed by atoms with Gasteiger partial charge in [0.2, 0.25) is 0 Å². The highest BCUT2D eigenvalue weighted by molar-refractivity contribution is 14.1. The molecule has 0 fully saturated rings. The fourth-order valence-electron chi connectivity index (χ4n) is 1.85. The first-order valence-corrected chi connectivity index (χ1v) is 7.75. The largest absolute Gasteiger partial charge is 0.271 e. The Hall–Kier alpha value is -0.280. The van der Waals surface area contributed by atoms with Gasteiger partial charge in [-0.05, 0) is 68.3 Å². The maximum absolute atomic E-state index is 14.1. The summed E-state index contributed by atoms with van der Waals surface area (Å²) in [6.07, 6.45) is 0. The summed E-state index contributed by atoms with van der Waals surface area (Å²) in [4.78, 5) is 0. The number of hydrogen-bond donors (Lipinski definition) is 2. The fraction of sp³-hybridized carbons (Fsp3) is 0.0769. The summed E-state index contributed by atoms with van der Waals surface area (Å²) in [5.41, 5.74) is 2.85. The van der Waals surface area contributed by atoms with Crippen molar-refractivity contribution in [1.29, 1.82) is 0 Å². The number of nitrogens with one attached hydrogen (secondary N) is 1. The average Bonchev–Trinajstić information content (AvgIpc) is 2.42.